The molecule has 1 aliphatic carbocycles. The number of carbonyl (C=O) groups excluding carboxylic acids is 2. The number of nitrogens with one attached hydrogen (secondary N) is 2. The Balaban J connectivity index is 2.61. The molecule has 0 heterocycles. The molecule has 122 valence electrons. The summed E-state index contributed by atoms with van der Waals surface area (Å²) in [5, 5.41) is 5.80. The monoisotopic (exact) mass is 300 g/mol. The normalized spacial score (nSPS) is 17.9. The lowest BCUT2D eigenvalue weighted by molar-refractivity contribution is -0.125. The van der Waals surface area contributed by atoms with Gasteiger partial charge >= 0.3 is 6.09 Å². The van der Waals surface area contributed by atoms with E-state index in [1.807, 2.05) is 20.8 Å². The van der Waals surface area contributed by atoms with Crippen molar-refractivity contribution in [3.8, 4) is 0 Å². The van der Waals surface area contributed by atoms with Gasteiger partial charge in [0.1, 0.15) is 12.2 Å². The van der Waals surface area contributed by atoms with Crippen LogP contribution in [0.4, 0.5) is 4.79 Å². The summed E-state index contributed by atoms with van der Waals surface area (Å²) in [6, 6.07) is 0. The highest BCUT2D eigenvalue weighted by molar-refractivity contribution is 5.77. The maximum atomic E-state index is 12.0. The van der Waals surface area contributed by atoms with Gasteiger partial charge in [-0.2, -0.15) is 0 Å². The van der Waals surface area contributed by atoms with Gasteiger partial charge in [-0.1, -0.05) is 19.3 Å². The van der Waals surface area contributed by atoms with Gasteiger partial charge in [-0.25, -0.2) is 4.79 Å². The molecular weight excluding hydrogens is 272 g/mol. The lowest BCUT2D eigenvalue weighted by Gasteiger charge is -2.38. The SMILES string of the molecule is COCC(=O)NCC1(NC(=O)OC(C)(C)C)CCCCC1. The number of methoxy groups -OCH3 is 1. The van der Waals surface area contributed by atoms with E-state index in [2.05, 4.69) is 10.6 Å². The van der Waals surface area contributed by atoms with E-state index in [-0.39, 0.29) is 12.5 Å². The zero-order valence-electron chi connectivity index (χ0n) is 13.6. The van der Waals surface area contributed by atoms with E-state index in [4.69, 9.17) is 9.47 Å². The van der Waals surface area contributed by atoms with Crippen LogP contribution in [-0.2, 0) is 14.3 Å². The molecule has 0 unspecified atom stereocenters. The standard InChI is InChI=1S/C15H28N2O4/c1-14(2,3)21-13(19)17-15(8-6-5-7-9-15)11-16-12(18)10-20-4/h5-11H2,1-4H3,(H,16,18)(H,17,19). The summed E-state index contributed by atoms with van der Waals surface area (Å²) in [7, 11) is 1.48. The fraction of sp³-hybridized carbons (Fsp3) is 0.867. The molecule has 0 aromatic rings. The molecule has 1 saturated carbocycles. The minimum atomic E-state index is -0.529. The van der Waals surface area contributed by atoms with Gasteiger partial charge in [0.25, 0.3) is 0 Å². The van der Waals surface area contributed by atoms with Crippen LogP contribution >= 0.6 is 0 Å². The zero-order valence-corrected chi connectivity index (χ0v) is 13.6. The number of amides is 2. The van der Waals surface area contributed by atoms with E-state index < -0.39 is 17.2 Å². The van der Waals surface area contributed by atoms with Crippen LogP contribution < -0.4 is 10.6 Å². The average molecular weight is 300 g/mol. The first kappa shape index (κ1) is 17.8. The van der Waals surface area contributed by atoms with Gasteiger partial charge in [-0.05, 0) is 33.6 Å². The maximum absolute atomic E-state index is 12.0. The molecule has 0 spiro atoms. The van der Waals surface area contributed by atoms with Gasteiger partial charge in [0.2, 0.25) is 5.91 Å². The summed E-state index contributed by atoms with van der Waals surface area (Å²) in [5.41, 5.74) is -0.941. The van der Waals surface area contributed by atoms with Crippen molar-refractivity contribution >= 4 is 12.0 Å². The van der Waals surface area contributed by atoms with E-state index in [9.17, 15) is 9.59 Å². The maximum Gasteiger partial charge on any atom is 0.408 e. The molecule has 0 aromatic heterocycles. The first-order valence-electron chi connectivity index (χ1n) is 7.53. The quantitative estimate of drug-likeness (QED) is 0.814. The molecule has 0 aromatic carbocycles. The number of rotatable bonds is 5. The first-order valence-corrected chi connectivity index (χ1v) is 7.53. The molecule has 21 heavy (non-hydrogen) atoms. The lowest BCUT2D eigenvalue weighted by atomic mass is 9.81. The predicted molar refractivity (Wildman–Crippen MR) is 80.1 cm³/mol. The van der Waals surface area contributed by atoms with E-state index in [1.54, 1.807) is 0 Å². The van der Waals surface area contributed by atoms with Crippen LogP contribution in [0.15, 0.2) is 0 Å². The fourth-order valence-corrected chi connectivity index (χ4v) is 2.54. The fourth-order valence-electron chi connectivity index (χ4n) is 2.54. The molecule has 1 fully saturated rings. The molecule has 1 rings (SSSR count). The van der Waals surface area contributed by atoms with Gasteiger partial charge in [-0.15, -0.1) is 0 Å². The summed E-state index contributed by atoms with van der Waals surface area (Å²) in [6.45, 7) is 5.94. The molecule has 2 N–H and O–H groups in total. The molecule has 2 amide bonds. The largest absolute Gasteiger partial charge is 0.444 e. The average Bonchev–Trinajstić information content (AvgIpc) is 2.35. The Morgan fingerprint density at radius 3 is 2.29 bits per heavy atom. The Morgan fingerprint density at radius 1 is 1.14 bits per heavy atom. The number of hydrogen-bond donors (Lipinski definition) is 2. The first-order chi connectivity index (χ1) is 9.76. The second-order valence-corrected chi connectivity index (χ2v) is 6.68. The van der Waals surface area contributed by atoms with E-state index in [0.717, 1.165) is 32.1 Å². The Labute approximate surface area is 126 Å². The van der Waals surface area contributed by atoms with E-state index in [0.29, 0.717) is 6.54 Å². The Kier molecular flexibility index (Phi) is 6.45. The van der Waals surface area contributed by atoms with Gasteiger partial charge in [0.15, 0.2) is 0 Å². The minimum absolute atomic E-state index is 0.0303. The summed E-state index contributed by atoms with van der Waals surface area (Å²) in [4.78, 5) is 23.6. The van der Waals surface area contributed by atoms with Gasteiger partial charge in [0.05, 0.1) is 5.54 Å². The molecule has 1 aliphatic rings. The highest BCUT2D eigenvalue weighted by atomic mass is 16.6. The number of carbonyl (C=O) groups is 2. The minimum Gasteiger partial charge on any atom is -0.444 e. The third-order valence-corrected chi connectivity index (χ3v) is 3.48. The van der Waals surface area contributed by atoms with Crippen molar-refractivity contribution < 1.29 is 19.1 Å². The van der Waals surface area contributed by atoms with Crippen LogP contribution in [0.2, 0.25) is 0 Å². The van der Waals surface area contributed by atoms with Gasteiger partial charge in [0, 0.05) is 13.7 Å². The molecule has 0 aliphatic heterocycles. The Bertz CT molecular complexity index is 357. The second kappa shape index (κ2) is 7.64. The summed E-state index contributed by atoms with van der Waals surface area (Å²) in [6.07, 6.45) is 4.50. The van der Waals surface area contributed by atoms with E-state index in [1.165, 1.54) is 7.11 Å². The number of ether oxygens (including phenoxy) is 2. The Morgan fingerprint density at radius 2 is 1.76 bits per heavy atom. The third kappa shape index (κ3) is 6.80. The predicted octanol–water partition coefficient (Wildman–Crippen LogP) is 1.98. The third-order valence-electron chi connectivity index (χ3n) is 3.48. The molecule has 0 radical (unpaired) electrons. The van der Waals surface area contributed by atoms with E-state index >= 15 is 0 Å². The van der Waals surface area contributed by atoms with Gasteiger partial charge in [-0.3, -0.25) is 4.79 Å². The van der Waals surface area contributed by atoms with Crippen LogP contribution in [-0.4, -0.2) is 43.4 Å². The smallest absolute Gasteiger partial charge is 0.408 e. The molecule has 0 bridgehead atoms. The van der Waals surface area contributed by atoms with Crippen molar-refractivity contribution in [3.05, 3.63) is 0 Å². The summed E-state index contributed by atoms with van der Waals surface area (Å²) >= 11 is 0. The van der Waals surface area contributed by atoms with Crippen molar-refractivity contribution in [1.82, 2.24) is 10.6 Å². The number of hydrogen-bond acceptors (Lipinski definition) is 4. The van der Waals surface area contributed by atoms with Crippen molar-refractivity contribution in [3.63, 3.8) is 0 Å². The topological polar surface area (TPSA) is 76.7 Å². The van der Waals surface area contributed by atoms with Gasteiger partial charge < -0.3 is 20.1 Å². The van der Waals surface area contributed by atoms with Crippen molar-refractivity contribution in [1.29, 1.82) is 0 Å². The Hall–Kier alpha value is -1.30. The van der Waals surface area contributed by atoms with Crippen LogP contribution in [0.25, 0.3) is 0 Å². The van der Waals surface area contributed by atoms with Crippen molar-refractivity contribution in [2.45, 2.75) is 64.0 Å². The van der Waals surface area contributed by atoms with Crippen LogP contribution in [0.1, 0.15) is 52.9 Å². The second-order valence-electron chi connectivity index (χ2n) is 6.68. The number of alkyl carbamates (subject to hydrolysis) is 1. The highest BCUT2D eigenvalue weighted by Gasteiger charge is 2.35. The summed E-state index contributed by atoms with van der Waals surface area (Å²) < 4.78 is 10.1. The zero-order chi connectivity index (χ0) is 15.9. The van der Waals surface area contributed by atoms with Crippen LogP contribution in [0, 0.1) is 0 Å². The highest BCUT2D eigenvalue weighted by Crippen LogP contribution is 2.28. The molecule has 6 nitrogen and oxygen atoms in total. The van der Waals surface area contributed by atoms with Crippen molar-refractivity contribution in [2.75, 3.05) is 20.3 Å². The lowest BCUT2D eigenvalue weighted by Crippen LogP contribution is -2.57. The van der Waals surface area contributed by atoms with Crippen molar-refractivity contribution in [2.24, 2.45) is 0 Å². The molecule has 6 heteroatoms. The van der Waals surface area contributed by atoms with Crippen LogP contribution in [0.5, 0.6) is 0 Å². The molecular formula is C15H28N2O4. The van der Waals surface area contributed by atoms with Crippen LogP contribution in [0.3, 0.4) is 0 Å². The molecule has 0 atom stereocenters. The summed E-state index contributed by atoms with van der Waals surface area (Å²) in [5.74, 6) is -0.173. The molecule has 0 saturated heterocycles.